The molecule has 7 nitrogen and oxygen atoms in total. The topological polar surface area (TPSA) is 65.9 Å². The monoisotopic (exact) mass is 467 g/mol. The average Bonchev–Trinajstić information content (AvgIpc) is 3.61. The van der Waals surface area contributed by atoms with Crippen LogP contribution in [0.2, 0.25) is 0 Å². The summed E-state index contributed by atoms with van der Waals surface area (Å²) in [4.78, 5) is 12.9. The third kappa shape index (κ3) is 4.86. The highest BCUT2D eigenvalue weighted by Gasteiger charge is 2.25. The number of nitrogens with zero attached hydrogens (tertiary/aromatic N) is 6. The standard InChI is InChI=1S/C28H33N7/c1-28(2)7-11-33(12-8-28)19-24-14-22-6-5-21(13-26(22)30-24)18-35-20-27(31-32-35)23-15-25(17-29-16-23)34-9-3-4-10-34/h3-6,13-17,20,30H,7-12,18-19H2,1-2H3. The second-order valence-electron chi connectivity index (χ2n) is 10.8. The number of nitrogens with one attached hydrogen (secondary N) is 1. The van der Waals surface area contributed by atoms with Gasteiger partial charge in [-0.3, -0.25) is 9.88 Å². The number of H-pyrrole nitrogens is 1. The molecular formula is C28H33N7. The van der Waals surface area contributed by atoms with Gasteiger partial charge in [0.05, 0.1) is 24.6 Å². The summed E-state index contributed by atoms with van der Waals surface area (Å²) in [6.07, 6.45) is 12.7. The number of anilines is 1. The fraction of sp³-hybridized carbons (Fsp3) is 0.393. The van der Waals surface area contributed by atoms with Crippen molar-refractivity contribution < 1.29 is 0 Å². The first-order valence-electron chi connectivity index (χ1n) is 12.6. The van der Waals surface area contributed by atoms with Crippen molar-refractivity contribution in [3.8, 4) is 11.3 Å². The van der Waals surface area contributed by atoms with Gasteiger partial charge >= 0.3 is 0 Å². The van der Waals surface area contributed by atoms with Crippen LogP contribution in [0.15, 0.2) is 61.1 Å². The van der Waals surface area contributed by atoms with E-state index in [0.717, 1.165) is 36.6 Å². The van der Waals surface area contributed by atoms with Crippen LogP contribution in [0, 0.1) is 5.41 Å². The lowest BCUT2D eigenvalue weighted by atomic mass is 9.83. The Morgan fingerprint density at radius 2 is 1.80 bits per heavy atom. The predicted molar refractivity (Wildman–Crippen MR) is 140 cm³/mol. The predicted octanol–water partition coefficient (Wildman–Crippen LogP) is 4.87. The number of aromatic amines is 1. The van der Waals surface area contributed by atoms with E-state index in [9.17, 15) is 0 Å². The summed E-state index contributed by atoms with van der Waals surface area (Å²) in [6.45, 7) is 10.6. The Labute approximate surface area is 206 Å². The maximum Gasteiger partial charge on any atom is 0.114 e. The molecule has 5 heterocycles. The number of hydrogen-bond donors (Lipinski definition) is 1. The Hall–Kier alpha value is -3.45. The van der Waals surface area contributed by atoms with Crippen molar-refractivity contribution in [2.75, 3.05) is 31.1 Å². The molecule has 0 saturated carbocycles. The summed E-state index contributed by atoms with van der Waals surface area (Å²) < 4.78 is 1.90. The molecule has 0 amide bonds. The molecule has 1 fully saturated rings. The lowest BCUT2D eigenvalue weighted by molar-refractivity contribution is 0.126. The van der Waals surface area contributed by atoms with Crippen molar-refractivity contribution in [3.05, 3.63) is 72.3 Å². The molecule has 180 valence electrons. The molecule has 1 saturated heterocycles. The minimum Gasteiger partial charge on any atom is -0.363 e. The van der Waals surface area contributed by atoms with E-state index in [1.807, 2.05) is 23.3 Å². The molecule has 2 aliphatic heterocycles. The number of aromatic nitrogens is 5. The van der Waals surface area contributed by atoms with Gasteiger partial charge in [-0.25, -0.2) is 4.68 Å². The van der Waals surface area contributed by atoms with E-state index in [1.54, 1.807) is 0 Å². The van der Waals surface area contributed by atoms with Crippen LogP contribution in [-0.4, -0.2) is 56.0 Å². The molecule has 0 aliphatic carbocycles. The van der Waals surface area contributed by atoms with Gasteiger partial charge < -0.3 is 9.88 Å². The SMILES string of the molecule is CC1(C)CCN(Cc2cc3ccc(Cn4cc(-c5cncc(N6CC=CC6)c5)nn4)cc3[nH]2)CC1. The van der Waals surface area contributed by atoms with E-state index in [2.05, 4.69) is 86.4 Å². The van der Waals surface area contributed by atoms with Gasteiger partial charge in [0.15, 0.2) is 0 Å². The zero-order valence-corrected chi connectivity index (χ0v) is 20.6. The van der Waals surface area contributed by atoms with Crippen LogP contribution < -0.4 is 4.90 Å². The highest BCUT2D eigenvalue weighted by atomic mass is 15.4. The quantitative estimate of drug-likeness (QED) is 0.410. The maximum absolute atomic E-state index is 4.43. The Bertz CT molecular complexity index is 1340. The van der Waals surface area contributed by atoms with E-state index in [4.69, 9.17) is 0 Å². The lowest BCUT2D eigenvalue weighted by Crippen LogP contribution is -2.36. The van der Waals surface area contributed by atoms with E-state index in [1.165, 1.54) is 48.1 Å². The van der Waals surface area contributed by atoms with Gasteiger partial charge in [-0.1, -0.05) is 43.3 Å². The van der Waals surface area contributed by atoms with E-state index in [-0.39, 0.29) is 0 Å². The zero-order chi connectivity index (χ0) is 23.8. The summed E-state index contributed by atoms with van der Waals surface area (Å²) in [5, 5.41) is 10.1. The van der Waals surface area contributed by atoms with Crippen molar-refractivity contribution in [3.63, 3.8) is 0 Å². The highest BCUT2D eigenvalue weighted by molar-refractivity contribution is 5.81. The number of fused-ring (bicyclic) bond motifs is 1. The number of likely N-dealkylation sites (tertiary alicyclic amines) is 1. The van der Waals surface area contributed by atoms with Crippen LogP contribution in [0.3, 0.4) is 0 Å². The second-order valence-corrected chi connectivity index (χ2v) is 10.8. The summed E-state index contributed by atoms with van der Waals surface area (Å²) in [5.74, 6) is 0. The summed E-state index contributed by atoms with van der Waals surface area (Å²) >= 11 is 0. The third-order valence-corrected chi connectivity index (χ3v) is 7.43. The largest absolute Gasteiger partial charge is 0.363 e. The fourth-order valence-corrected chi connectivity index (χ4v) is 5.10. The molecule has 35 heavy (non-hydrogen) atoms. The Kier molecular flexibility index (Phi) is 5.65. The molecule has 0 radical (unpaired) electrons. The number of piperidine rings is 1. The second kappa shape index (κ2) is 8.96. The van der Waals surface area contributed by atoms with Gasteiger partial charge in [-0.2, -0.15) is 0 Å². The molecule has 3 aromatic heterocycles. The zero-order valence-electron chi connectivity index (χ0n) is 20.6. The Morgan fingerprint density at radius 3 is 2.63 bits per heavy atom. The van der Waals surface area contributed by atoms with Crippen LogP contribution >= 0.6 is 0 Å². The van der Waals surface area contributed by atoms with Crippen molar-refractivity contribution in [1.29, 1.82) is 0 Å². The minimum atomic E-state index is 0.484. The number of benzene rings is 1. The number of hydrogen-bond acceptors (Lipinski definition) is 5. The first kappa shape index (κ1) is 22.0. The van der Waals surface area contributed by atoms with Gasteiger partial charge in [0, 0.05) is 42.6 Å². The first-order valence-corrected chi connectivity index (χ1v) is 12.6. The molecule has 1 N–H and O–H groups in total. The molecule has 6 rings (SSSR count). The van der Waals surface area contributed by atoms with E-state index < -0.39 is 0 Å². The molecule has 4 aromatic rings. The smallest absolute Gasteiger partial charge is 0.114 e. The molecule has 2 aliphatic rings. The molecule has 0 unspecified atom stereocenters. The van der Waals surface area contributed by atoms with Crippen LogP contribution in [-0.2, 0) is 13.1 Å². The number of rotatable bonds is 6. The van der Waals surface area contributed by atoms with Crippen molar-refractivity contribution in [2.24, 2.45) is 5.41 Å². The van der Waals surface area contributed by atoms with Gasteiger partial charge in [-0.15, -0.1) is 5.10 Å². The summed E-state index contributed by atoms with van der Waals surface area (Å²) in [6, 6.07) is 11.1. The van der Waals surface area contributed by atoms with E-state index >= 15 is 0 Å². The fourth-order valence-electron chi connectivity index (χ4n) is 5.10. The first-order chi connectivity index (χ1) is 17.0. The maximum atomic E-state index is 4.43. The Balaban J connectivity index is 1.14. The summed E-state index contributed by atoms with van der Waals surface area (Å²) in [7, 11) is 0. The van der Waals surface area contributed by atoms with Crippen molar-refractivity contribution in [2.45, 2.75) is 39.8 Å². The molecule has 0 bridgehead atoms. The van der Waals surface area contributed by atoms with Crippen LogP contribution in [0.1, 0.15) is 37.9 Å². The van der Waals surface area contributed by atoms with Crippen LogP contribution in [0.25, 0.3) is 22.2 Å². The molecule has 7 heteroatoms. The van der Waals surface area contributed by atoms with Crippen molar-refractivity contribution >= 4 is 16.6 Å². The van der Waals surface area contributed by atoms with Crippen LogP contribution in [0.4, 0.5) is 5.69 Å². The summed E-state index contributed by atoms with van der Waals surface area (Å²) in [5.41, 5.74) is 7.12. The van der Waals surface area contributed by atoms with Gasteiger partial charge in [0.1, 0.15) is 5.69 Å². The molecule has 0 spiro atoms. The average molecular weight is 468 g/mol. The van der Waals surface area contributed by atoms with Gasteiger partial charge in [-0.05, 0) is 60.5 Å². The van der Waals surface area contributed by atoms with Gasteiger partial charge in [0.2, 0.25) is 0 Å². The molecule has 1 aromatic carbocycles. The molecular weight excluding hydrogens is 434 g/mol. The van der Waals surface area contributed by atoms with Crippen LogP contribution in [0.5, 0.6) is 0 Å². The Morgan fingerprint density at radius 1 is 0.971 bits per heavy atom. The third-order valence-electron chi connectivity index (χ3n) is 7.43. The minimum absolute atomic E-state index is 0.484. The normalized spacial score (nSPS) is 18.1. The highest BCUT2D eigenvalue weighted by Crippen LogP contribution is 2.30. The lowest BCUT2D eigenvalue weighted by Gasteiger charge is -2.36. The van der Waals surface area contributed by atoms with E-state index in [0.29, 0.717) is 12.0 Å². The number of pyridine rings is 1. The van der Waals surface area contributed by atoms with Gasteiger partial charge in [0.25, 0.3) is 0 Å². The molecule has 0 atom stereocenters. The van der Waals surface area contributed by atoms with Crippen molar-refractivity contribution in [1.82, 2.24) is 29.9 Å².